The molecule has 0 saturated carbocycles. The molecule has 1 fully saturated rings. The Bertz CT molecular complexity index is 1070. The molecule has 8 heteroatoms. The lowest BCUT2D eigenvalue weighted by Crippen LogP contribution is -2.54. The van der Waals surface area contributed by atoms with Crippen LogP contribution in [0.5, 0.6) is 0 Å². The summed E-state index contributed by atoms with van der Waals surface area (Å²) in [5.74, 6) is 0.941. The van der Waals surface area contributed by atoms with Gasteiger partial charge in [-0.3, -0.25) is 9.59 Å². The van der Waals surface area contributed by atoms with E-state index in [1.807, 2.05) is 4.90 Å². The van der Waals surface area contributed by atoms with Crippen LogP contribution in [0.25, 0.3) is 10.8 Å². The Labute approximate surface area is 185 Å². The van der Waals surface area contributed by atoms with Crippen LogP contribution in [0, 0.1) is 6.92 Å². The normalized spacial score (nSPS) is 16.5. The topological polar surface area (TPSA) is 79.5 Å². The van der Waals surface area contributed by atoms with Crippen LogP contribution in [0.15, 0.2) is 40.8 Å². The van der Waals surface area contributed by atoms with Gasteiger partial charge in [-0.25, -0.2) is 0 Å². The van der Waals surface area contributed by atoms with E-state index in [0.29, 0.717) is 36.0 Å². The lowest BCUT2D eigenvalue weighted by Gasteiger charge is -2.41. The molecule has 1 atom stereocenters. The molecule has 0 spiro atoms. The predicted molar refractivity (Wildman–Crippen MR) is 121 cm³/mol. The van der Waals surface area contributed by atoms with Crippen molar-refractivity contribution in [2.24, 2.45) is 0 Å². The molecule has 3 heterocycles. The number of piperazine rings is 1. The molecule has 0 radical (unpaired) electrons. The number of carbonyl (C=O) groups excluding carboxylic acids is 2. The summed E-state index contributed by atoms with van der Waals surface area (Å²) < 4.78 is 5.71. The first kappa shape index (κ1) is 21.2. The van der Waals surface area contributed by atoms with Gasteiger partial charge in [0.25, 0.3) is 5.89 Å². The third-order valence-electron chi connectivity index (χ3n) is 5.53. The first-order valence-corrected chi connectivity index (χ1v) is 11.3. The van der Waals surface area contributed by atoms with E-state index in [2.05, 4.69) is 53.2 Å². The van der Waals surface area contributed by atoms with Crippen molar-refractivity contribution in [3.8, 4) is 10.8 Å². The van der Waals surface area contributed by atoms with E-state index in [9.17, 15) is 9.59 Å². The Kier molecular flexibility index (Phi) is 6.18. The highest BCUT2D eigenvalue weighted by Gasteiger charge is 2.27. The summed E-state index contributed by atoms with van der Waals surface area (Å²) in [6, 6.07) is 12.2. The molecular weight excluding hydrogens is 412 g/mol. The van der Waals surface area contributed by atoms with Gasteiger partial charge in [-0.05, 0) is 45.0 Å². The van der Waals surface area contributed by atoms with Gasteiger partial charge >= 0.3 is 0 Å². The molecule has 162 valence electrons. The maximum absolute atomic E-state index is 12.8. The van der Waals surface area contributed by atoms with Crippen LogP contribution in [0.2, 0.25) is 0 Å². The Morgan fingerprint density at radius 1 is 1.13 bits per heavy atom. The molecule has 4 rings (SSSR count). The van der Waals surface area contributed by atoms with Crippen LogP contribution in [0.1, 0.15) is 41.4 Å². The molecule has 1 aromatic carbocycles. The molecule has 3 aromatic rings. The number of amides is 1. The Morgan fingerprint density at radius 3 is 2.58 bits per heavy atom. The van der Waals surface area contributed by atoms with Crippen LogP contribution in [0.3, 0.4) is 0 Å². The zero-order chi connectivity index (χ0) is 22.0. The molecule has 0 N–H and O–H groups in total. The van der Waals surface area contributed by atoms with Crippen molar-refractivity contribution in [2.75, 3.05) is 24.5 Å². The Hall–Kier alpha value is -3.00. The number of carbonyl (C=O) groups is 2. The summed E-state index contributed by atoms with van der Waals surface area (Å²) in [6.45, 7) is 8.04. The first-order chi connectivity index (χ1) is 14.9. The molecule has 2 aromatic heterocycles. The first-order valence-electron chi connectivity index (χ1n) is 10.5. The minimum atomic E-state index is 0.0122. The molecule has 0 aliphatic carbocycles. The summed E-state index contributed by atoms with van der Waals surface area (Å²) >= 11 is 1.33. The van der Waals surface area contributed by atoms with Gasteiger partial charge in [0.15, 0.2) is 5.78 Å². The van der Waals surface area contributed by atoms with Crippen LogP contribution >= 0.6 is 11.3 Å². The molecule has 1 aliphatic rings. The minimum absolute atomic E-state index is 0.0122. The van der Waals surface area contributed by atoms with E-state index in [1.165, 1.54) is 29.5 Å². The zero-order valence-electron chi connectivity index (χ0n) is 18.0. The van der Waals surface area contributed by atoms with E-state index >= 15 is 0 Å². The van der Waals surface area contributed by atoms with E-state index in [1.54, 1.807) is 12.1 Å². The van der Waals surface area contributed by atoms with Gasteiger partial charge < -0.3 is 14.2 Å². The van der Waals surface area contributed by atoms with Crippen molar-refractivity contribution in [1.82, 2.24) is 15.1 Å². The number of thiophene rings is 1. The Morgan fingerprint density at radius 2 is 1.90 bits per heavy atom. The monoisotopic (exact) mass is 438 g/mol. The lowest BCUT2D eigenvalue weighted by molar-refractivity contribution is -0.133. The Balaban J connectivity index is 1.31. The lowest BCUT2D eigenvalue weighted by atomic mass is 10.1. The predicted octanol–water partition coefficient (Wildman–Crippen LogP) is 3.98. The molecule has 1 saturated heterocycles. The number of rotatable bonds is 6. The van der Waals surface area contributed by atoms with Crippen molar-refractivity contribution in [2.45, 2.75) is 39.7 Å². The van der Waals surface area contributed by atoms with Crippen LogP contribution in [-0.2, 0) is 11.2 Å². The number of benzene rings is 1. The summed E-state index contributed by atoms with van der Waals surface area (Å²) in [7, 11) is 0. The molecule has 1 unspecified atom stereocenters. The van der Waals surface area contributed by atoms with Gasteiger partial charge in [0, 0.05) is 44.2 Å². The van der Waals surface area contributed by atoms with Crippen molar-refractivity contribution >= 4 is 28.7 Å². The average molecular weight is 439 g/mol. The maximum atomic E-state index is 12.8. The number of Topliss-reactive ketones (excluding diaryl/α,β-unsaturated/α-hetero) is 1. The molecule has 1 aliphatic heterocycles. The van der Waals surface area contributed by atoms with E-state index in [-0.39, 0.29) is 17.7 Å². The van der Waals surface area contributed by atoms with Gasteiger partial charge in [-0.2, -0.15) is 0 Å². The van der Waals surface area contributed by atoms with Gasteiger partial charge in [0.2, 0.25) is 11.8 Å². The van der Waals surface area contributed by atoms with E-state index in [0.717, 1.165) is 18.0 Å². The van der Waals surface area contributed by atoms with Crippen molar-refractivity contribution in [1.29, 1.82) is 0 Å². The number of hydrogen-bond acceptors (Lipinski definition) is 7. The number of ketones is 1. The van der Waals surface area contributed by atoms with Gasteiger partial charge in [0.1, 0.15) is 0 Å². The smallest absolute Gasteiger partial charge is 0.257 e. The largest absolute Gasteiger partial charge is 0.420 e. The number of aryl methyl sites for hydroxylation is 2. The molecule has 1 amide bonds. The SMILES string of the molecule is CC(=O)c1ccc(-c2nnc(CCC(=O)N3CCN(c4ccc(C)cc4)CC3C)o2)s1. The van der Waals surface area contributed by atoms with Gasteiger partial charge in [-0.1, -0.05) is 17.7 Å². The highest BCUT2D eigenvalue weighted by atomic mass is 32.1. The van der Waals surface area contributed by atoms with Crippen molar-refractivity contribution in [3.63, 3.8) is 0 Å². The second-order valence-corrected chi connectivity index (χ2v) is 9.02. The minimum Gasteiger partial charge on any atom is -0.420 e. The summed E-state index contributed by atoms with van der Waals surface area (Å²) in [4.78, 5) is 30.0. The number of nitrogens with zero attached hydrogens (tertiary/aromatic N) is 4. The van der Waals surface area contributed by atoms with E-state index < -0.39 is 0 Å². The van der Waals surface area contributed by atoms with Crippen LogP contribution < -0.4 is 4.90 Å². The van der Waals surface area contributed by atoms with Crippen LogP contribution in [-0.4, -0.2) is 52.5 Å². The maximum Gasteiger partial charge on any atom is 0.257 e. The molecular formula is C23H26N4O3S. The molecule has 31 heavy (non-hydrogen) atoms. The highest BCUT2D eigenvalue weighted by Crippen LogP contribution is 2.27. The second-order valence-electron chi connectivity index (χ2n) is 7.94. The number of anilines is 1. The van der Waals surface area contributed by atoms with Gasteiger partial charge in [0.05, 0.1) is 9.75 Å². The fraction of sp³-hybridized carbons (Fsp3) is 0.391. The third kappa shape index (κ3) is 4.85. The number of aromatic nitrogens is 2. The fourth-order valence-electron chi connectivity index (χ4n) is 3.77. The third-order valence-corrected chi connectivity index (χ3v) is 6.70. The molecule has 7 nitrogen and oxygen atoms in total. The quantitative estimate of drug-likeness (QED) is 0.542. The van der Waals surface area contributed by atoms with Crippen molar-refractivity contribution < 1.29 is 14.0 Å². The highest BCUT2D eigenvalue weighted by molar-refractivity contribution is 7.17. The van der Waals surface area contributed by atoms with Crippen molar-refractivity contribution in [3.05, 3.63) is 52.7 Å². The fourth-order valence-corrected chi connectivity index (χ4v) is 4.59. The summed E-state index contributed by atoms with van der Waals surface area (Å²) in [5, 5.41) is 8.13. The summed E-state index contributed by atoms with van der Waals surface area (Å²) in [5.41, 5.74) is 2.44. The number of hydrogen-bond donors (Lipinski definition) is 0. The average Bonchev–Trinajstić information content (AvgIpc) is 3.42. The van der Waals surface area contributed by atoms with Gasteiger partial charge in [-0.15, -0.1) is 21.5 Å². The summed E-state index contributed by atoms with van der Waals surface area (Å²) in [6.07, 6.45) is 0.737. The van der Waals surface area contributed by atoms with Crippen LogP contribution in [0.4, 0.5) is 5.69 Å². The zero-order valence-corrected chi connectivity index (χ0v) is 18.8. The molecule has 0 bridgehead atoms. The standard InChI is InChI=1S/C23H26N4O3S/c1-15-4-6-18(7-5-15)26-12-13-27(16(2)14-26)22(29)11-10-21-24-25-23(30-21)20-9-8-19(31-20)17(3)28/h4-9,16H,10-14H2,1-3H3. The van der Waals surface area contributed by atoms with E-state index in [4.69, 9.17) is 4.42 Å². The second kappa shape index (κ2) is 9.01.